The number of rotatable bonds is 6. The van der Waals surface area contributed by atoms with Crippen LogP contribution in [-0.4, -0.2) is 29.9 Å². The van der Waals surface area contributed by atoms with Gasteiger partial charge in [-0.2, -0.15) is 4.99 Å². The van der Waals surface area contributed by atoms with E-state index in [0.29, 0.717) is 33.7 Å². The summed E-state index contributed by atoms with van der Waals surface area (Å²) >= 11 is 3.24. The number of benzene rings is 2. The highest BCUT2D eigenvalue weighted by Crippen LogP contribution is 2.33. The van der Waals surface area contributed by atoms with E-state index in [-0.39, 0.29) is 5.91 Å². The molecule has 1 heterocycles. The molecule has 5 nitrogen and oxygen atoms in total. The Hall–Kier alpha value is -2.25. The fraction of sp³-hybridized carbons (Fsp3) is 0.333. The number of carbonyl (C=O) groups excluding carboxylic acids is 1. The Morgan fingerprint density at radius 3 is 2.36 bits per heavy atom. The number of nitrogens with zero attached hydrogens (tertiary/aromatic N) is 2. The SMILES string of the molecule is CCn1c(=NC(=O)c2ccc(SC(C)C)cc2)sc2cc(OC)c(OC)cc21. The maximum atomic E-state index is 12.7. The number of aromatic nitrogens is 1. The second-order valence-electron chi connectivity index (χ2n) is 6.41. The zero-order valence-electron chi connectivity index (χ0n) is 16.7. The Bertz CT molecular complexity index is 1050. The summed E-state index contributed by atoms with van der Waals surface area (Å²) < 4.78 is 13.8. The van der Waals surface area contributed by atoms with Crippen molar-refractivity contribution in [3.63, 3.8) is 0 Å². The highest BCUT2D eigenvalue weighted by atomic mass is 32.2. The lowest BCUT2D eigenvalue weighted by Crippen LogP contribution is -2.15. The molecule has 7 heteroatoms. The Morgan fingerprint density at radius 2 is 1.79 bits per heavy atom. The van der Waals surface area contributed by atoms with Crippen LogP contribution in [0.25, 0.3) is 10.2 Å². The normalized spacial score (nSPS) is 12.0. The molecule has 3 rings (SSSR count). The van der Waals surface area contributed by atoms with Gasteiger partial charge in [0, 0.05) is 34.4 Å². The lowest BCUT2D eigenvalue weighted by atomic mass is 10.2. The third kappa shape index (κ3) is 4.25. The molecule has 0 unspecified atom stereocenters. The maximum Gasteiger partial charge on any atom is 0.279 e. The van der Waals surface area contributed by atoms with Gasteiger partial charge in [0.25, 0.3) is 5.91 Å². The van der Waals surface area contributed by atoms with Crippen LogP contribution in [0.2, 0.25) is 0 Å². The first-order valence-electron chi connectivity index (χ1n) is 9.08. The zero-order chi connectivity index (χ0) is 20.3. The number of aryl methyl sites for hydroxylation is 1. The number of methoxy groups -OCH3 is 2. The fourth-order valence-corrected chi connectivity index (χ4v) is 4.83. The van der Waals surface area contributed by atoms with Crippen molar-refractivity contribution in [3.05, 3.63) is 46.8 Å². The predicted molar refractivity (Wildman–Crippen MR) is 116 cm³/mol. The van der Waals surface area contributed by atoms with Crippen LogP contribution >= 0.6 is 23.1 Å². The number of amides is 1. The molecule has 0 fully saturated rings. The van der Waals surface area contributed by atoms with E-state index >= 15 is 0 Å². The number of ether oxygens (including phenoxy) is 2. The Balaban J connectivity index is 2.01. The number of carbonyl (C=O) groups is 1. The van der Waals surface area contributed by atoms with Crippen LogP contribution in [-0.2, 0) is 6.54 Å². The summed E-state index contributed by atoms with van der Waals surface area (Å²) in [6.45, 7) is 7.03. The first kappa shape index (κ1) is 20.5. The van der Waals surface area contributed by atoms with E-state index in [2.05, 4.69) is 18.8 Å². The third-order valence-corrected chi connectivity index (χ3v) is 6.23. The molecule has 0 bridgehead atoms. The minimum Gasteiger partial charge on any atom is -0.493 e. The number of fused-ring (bicyclic) bond motifs is 1. The van der Waals surface area contributed by atoms with Crippen molar-refractivity contribution >= 4 is 39.2 Å². The second-order valence-corrected chi connectivity index (χ2v) is 9.07. The van der Waals surface area contributed by atoms with Gasteiger partial charge >= 0.3 is 0 Å². The van der Waals surface area contributed by atoms with Crippen molar-refractivity contribution in [2.45, 2.75) is 37.5 Å². The van der Waals surface area contributed by atoms with E-state index in [4.69, 9.17) is 9.47 Å². The van der Waals surface area contributed by atoms with Gasteiger partial charge in [0.05, 0.1) is 24.4 Å². The van der Waals surface area contributed by atoms with E-state index in [1.165, 1.54) is 11.3 Å². The third-order valence-electron chi connectivity index (χ3n) is 4.17. The Kier molecular flexibility index (Phi) is 6.46. The van der Waals surface area contributed by atoms with Crippen molar-refractivity contribution in [2.24, 2.45) is 4.99 Å². The summed E-state index contributed by atoms with van der Waals surface area (Å²) in [5.41, 5.74) is 1.56. The van der Waals surface area contributed by atoms with Gasteiger partial charge in [0.2, 0.25) is 0 Å². The van der Waals surface area contributed by atoms with Gasteiger partial charge < -0.3 is 14.0 Å². The molecule has 0 saturated carbocycles. The highest BCUT2D eigenvalue weighted by molar-refractivity contribution is 7.99. The summed E-state index contributed by atoms with van der Waals surface area (Å²) in [7, 11) is 3.23. The molecule has 0 radical (unpaired) electrons. The molecule has 2 aromatic carbocycles. The average molecular weight is 417 g/mol. The lowest BCUT2D eigenvalue weighted by molar-refractivity contribution is 0.0998. The summed E-state index contributed by atoms with van der Waals surface area (Å²) in [5, 5.41) is 0.502. The van der Waals surface area contributed by atoms with Gasteiger partial charge in [-0.15, -0.1) is 11.8 Å². The number of hydrogen-bond donors (Lipinski definition) is 0. The Labute approximate surface area is 173 Å². The summed E-state index contributed by atoms with van der Waals surface area (Å²) in [6, 6.07) is 11.5. The molecule has 0 N–H and O–H groups in total. The molecule has 1 aromatic heterocycles. The topological polar surface area (TPSA) is 52.8 Å². The van der Waals surface area contributed by atoms with Crippen LogP contribution in [0.15, 0.2) is 46.3 Å². The van der Waals surface area contributed by atoms with E-state index in [9.17, 15) is 4.79 Å². The molecule has 0 aliphatic heterocycles. The van der Waals surface area contributed by atoms with Crippen molar-refractivity contribution in [3.8, 4) is 11.5 Å². The second kappa shape index (κ2) is 8.84. The van der Waals surface area contributed by atoms with Gasteiger partial charge in [-0.3, -0.25) is 4.79 Å². The zero-order valence-corrected chi connectivity index (χ0v) is 18.3. The molecule has 0 aliphatic rings. The van der Waals surface area contributed by atoms with Crippen LogP contribution in [0.3, 0.4) is 0 Å². The fourth-order valence-electron chi connectivity index (χ4n) is 2.89. The first-order valence-corrected chi connectivity index (χ1v) is 10.8. The molecular weight excluding hydrogens is 392 g/mol. The summed E-state index contributed by atoms with van der Waals surface area (Å²) in [4.78, 5) is 18.9. The standard InChI is InChI=1S/C21H24N2O3S2/c1-6-23-16-11-17(25-4)18(26-5)12-19(16)28-21(23)22-20(24)14-7-9-15(10-8-14)27-13(2)3/h7-13H,6H2,1-5H3. The molecular formula is C21H24N2O3S2. The molecule has 0 aliphatic carbocycles. The molecule has 0 atom stereocenters. The van der Waals surface area contributed by atoms with Gasteiger partial charge in [-0.25, -0.2) is 0 Å². The van der Waals surface area contributed by atoms with Crippen LogP contribution in [0.5, 0.6) is 11.5 Å². The largest absolute Gasteiger partial charge is 0.493 e. The average Bonchev–Trinajstić information content (AvgIpc) is 3.02. The van der Waals surface area contributed by atoms with E-state index in [1.807, 2.05) is 47.9 Å². The maximum absolute atomic E-state index is 12.7. The van der Waals surface area contributed by atoms with Gasteiger partial charge in [0.15, 0.2) is 16.3 Å². The minimum absolute atomic E-state index is 0.242. The van der Waals surface area contributed by atoms with Crippen LogP contribution in [0, 0.1) is 0 Å². The highest BCUT2D eigenvalue weighted by Gasteiger charge is 2.13. The minimum atomic E-state index is -0.242. The van der Waals surface area contributed by atoms with Crippen molar-refractivity contribution in [1.29, 1.82) is 0 Å². The van der Waals surface area contributed by atoms with Crippen molar-refractivity contribution in [1.82, 2.24) is 4.57 Å². The first-order chi connectivity index (χ1) is 13.5. The summed E-state index contributed by atoms with van der Waals surface area (Å²) in [5.74, 6) is 1.08. The van der Waals surface area contributed by atoms with E-state index in [1.54, 1.807) is 26.0 Å². The smallest absolute Gasteiger partial charge is 0.279 e. The predicted octanol–water partition coefficient (Wildman–Crippen LogP) is 4.98. The van der Waals surface area contributed by atoms with Crippen LogP contribution in [0.1, 0.15) is 31.1 Å². The van der Waals surface area contributed by atoms with Gasteiger partial charge in [-0.1, -0.05) is 25.2 Å². The molecule has 3 aromatic rings. The van der Waals surface area contributed by atoms with Crippen LogP contribution in [0.4, 0.5) is 0 Å². The molecule has 28 heavy (non-hydrogen) atoms. The molecule has 148 valence electrons. The van der Waals surface area contributed by atoms with Crippen molar-refractivity contribution < 1.29 is 14.3 Å². The lowest BCUT2D eigenvalue weighted by Gasteiger charge is -2.08. The molecule has 0 spiro atoms. The number of thiazole rings is 1. The summed E-state index contributed by atoms with van der Waals surface area (Å²) in [6.07, 6.45) is 0. The van der Waals surface area contributed by atoms with Crippen LogP contribution < -0.4 is 14.3 Å². The Morgan fingerprint density at radius 1 is 1.14 bits per heavy atom. The molecule has 0 saturated heterocycles. The molecule has 1 amide bonds. The number of thioether (sulfide) groups is 1. The monoisotopic (exact) mass is 416 g/mol. The van der Waals surface area contributed by atoms with E-state index < -0.39 is 0 Å². The van der Waals surface area contributed by atoms with Gasteiger partial charge in [0.1, 0.15) is 0 Å². The van der Waals surface area contributed by atoms with Gasteiger partial charge in [-0.05, 0) is 31.2 Å². The number of hydrogen-bond acceptors (Lipinski definition) is 5. The van der Waals surface area contributed by atoms with Crippen molar-refractivity contribution in [2.75, 3.05) is 14.2 Å². The quantitative estimate of drug-likeness (QED) is 0.532. The van der Waals surface area contributed by atoms with E-state index in [0.717, 1.165) is 15.1 Å².